The number of hydrogen-bond acceptors (Lipinski definition) is 3. The summed E-state index contributed by atoms with van der Waals surface area (Å²) in [5.74, 6) is 0.707. The number of halogens is 1. The van der Waals surface area contributed by atoms with Crippen LogP contribution in [0.3, 0.4) is 0 Å². The summed E-state index contributed by atoms with van der Waals surface area (Å²) in [6, 6.07) is 3.44. The molecule has 0 atom stereocenters. The molecule has 0 saturated heterocycles. The molecule has 1 aromatic heterocycles. The van der Waals surface area contributed by atoms with Gasteiger partial charge in [0.25, 0.3) is 0 Å². The van der Waals surface area contributed by atoms with Crippen molar-refractivity contribution in [2.45, 2.75) is 19.3 Å². The Morgan fingerprint density at radius 3 is 2.81 bits per heavy atom. The van der Waals surface area contributed by atoms with E-state index >= 15 is 0 Å². The molecule has 0 amide bonds. The van der Waals surface area contributed by atoms with Gasteiger partial charge in [0.05, 0.1) is 17.8 Å². The van der Waals surface area contributed by atoms with Crippen LogP contribution in [0.4, 0.5) is 5.69 Å². The first kappa shape index (κ1) is 11.2. The molecule has 4 nitrogen and oxygen atoms in total. The smallest absolute Gasteiger partial charge is 0.115 e. The molecule has 1 aromatic carbocycles. The molecule has 5 heteroatoms. The van der Waals surface area contributed by atoms with Crippen LogP contribution in [0.5, 0.6) is 0 Å². The van der Waals surface area contributed by atoms with Gasteiger partial charge in [0.2, 0.25) is 0 Å². The summed E-state index contributed by atoms with van der Waals surface area (Å²) < 4.78 is 0. The molecular weight excluding hydrogens is 226 g/mol. The number of aliphatic hydroxyl groups is 1. The molecule has 0 fully saturated rings. The highest BCUT2D eigenvalue weighted by molar-refractivity contribution is 6.31. The summed E-state index contributed by atoms with van der Waals surface area (Å²) in [4.78, 5) is 7.53. The first-order chi connectivity index (χ1) is 7.44. The Kier molecular flexibility index (Phi) is 2.56. The van der Waals surface area contributed by atoms with E-state index in [-0.39, 0.29) is 6.61 Å². The number of imidazole rings is 1. The number of H-pyrrole nitrogens is 1. The summed E-state index contributed by atoms with van der Waals surface area (Å²) in [5.41, 5.74) is 7.44. The third-order valence-corrected chi connectivity index (χ3v) is 2.84. The lowest BCUT2D eigenvalue weighted by atomic mass is 9.94. The van der Waals surface area contributed by atoms with Crippen LogP contribution in [0.2, 0.25) is 5.02 Å². The van der Waals surface area contributed by atoms with Gasteiger partial charge in [0.15, 0.2) is 0 Å². The molecule has 0 aliphatic carbocycles. The van der Waals surface area contributed by atoms with Crippen LogP contribution in [-0.4, -0.2) is 21.7 Å². The van der Waals surface area contributed by atoms with Gasteiger partial charge < -0.3 is 15.8 Å². The van der Waals surface area contributed by atoms with Crippen LogP contribution in [0.15, 0.2) is 12.1 Å². The van der Waals surface area contributed by atoms with E-state index in [1.807, 2.05) is 13.8 Å². The predicted octanol–water partition coefficient (Wildman–Crippen LogP) is 2.07. The first-order valence-corrected chi connectivity index (χ1v) is 5.38. The number of nitrogen functional groups attached to an aromatic ring is 1. The van der Waals surface area contributed by atoms with Crippen LogP contribution in [0.1, 0.15) is 19.7 Å². The average Bonchev–Trinajstić information content (AvgIpc) is 2.62. The van der Waals surface area contributed by atoms with E-state index < -0.39 is 5.41 Å². The molecule has 0 unspecified atom stereocenters. The van der Waals surface area contributed by atoms with Crippen molar-refractivity contribution in [3.05, 3.63) is 23.0 Å². The number of rotatable bonds is 2. The summed E-state index contributed by atoms with van der Waals surface area (Å²) in [6.45, 7) is 3.82. The highest BCUT2D eigenvalue weighted by Gasteiger charge is 2.24. The Balaban J connectivity index is 2.65. The van der Waals surface area contributed by atoms with Gasteiger partial charge in [0.1, 0.15) is 11.3 Å². The second-order valence-electron chi connectivity index (χ2n) is 4.52. The van der Waals surface area contributed by atoms with Crippen molar-refractivity contribution >= 4 is 28.3 Å². The zero-order valence-corrected chi connectivity index (χ0v) is 9.97. The third-order valence-electron chi connectivity index (χ3n) is 2.62. The number of hydrogen-bond donors (Lipinski definition) is 3. The number of aliphatic hydroxyl groups excluding tert-OH is 1. The third kappa shape index (κ3) is 1.74. The Labute approximate surface area is 98.4 Å². The van der Waals surface area contributed by atoms with Gasteiger partial charge >= 0.3 is 0 Å². The van der Waals surface area contributed by atoms with Crippen LogP contribution in [0, 0.1) is 0 Å². The molecule has 0 aliphatic heterocycles. The van der Waals surface area contributed by atoms with Crippen molar-refractivity contribution in [1.82, 2.24) is 9.97 Å². The van der Waals surface area contributed by atoms with Crippen LogP contribution in [-0.2, 0) is 5.41 Å². The maximum absolute atomic E-state index is 9.28. The number of aromatic nitrogens is 2. The number of nitrogens with two attached hydrogens (primary N) is 1. The van der Waals surface area contributed by atoms with E-state index in [2.05, 4.69) is 9.97 Å². The summed E-state index contributed by atoms with van der Waals surface area (Å²) in [5, 5.41) is 9.85. The minimum absolute atomic E-state index is 0.0143. The van der Waals surface area contributed by atoms with Gasteiger partial charge in [-0.25, -0.2) is 4.98 Å². The fourth-order valence-electron chi connectivity index (χ4n) is 1.50. The lowest BCUT2D eigenvalue weighted by Gasteiger charge is -2.17. The molecule has 0 spiro atoms. The van der Waals surface area contributed by atoms with Gasteiger partial charge in [-0.05, 0) is 12.1 Å². The lowest BCUT2D eigenvalue weighted by Crippen LogP contribution is -2.23. The minimum atomic E-state index is -0.419. The Morgan fingerprint density at radius 2 is 2.19 bits per heavy atom. The summed E-state index contributed by atoms with van der Waals surface area (Å²) in [6.07, 6.45) is 0. The van der Waals surface area contributed by atoms with Gasteiger partial charge in [-0.2, -0.15) is 0 Å². The quantitative estimate of drug-likeness (QED) is 0.703. The Morgan fingerprint density at radius 1 is 1.50 bits per heavy atom. The number of aromatic amines is 1. The molecule has 16 heavy (non-hydrogen) atoms. The van der Waals surface area contributed by atoms with Crippen molar-refractivity contribution < 1.29 is 5.11 Å². The van der Waals surface area contributed by atoms with Crippen molar-refractivity contribution in [2.75, 3.05) is 12.3 Å². The molecule has 2 aromatic rings. The zero-order chi connectivity index (χ0) is 11.9. The van der Waals surface area contributed by atoms with Crippen molar-refractivity contribution in [2.24, 2.45) is 0 Å². The Bertz CT molecular complexity index is 533. The van der Waals surface area contributed by atoms with E-state index in [0.717, 1.165) is 5.52 Å². The SMILES string of the molecule is CC(C)(CO)c1nc2c(N)cc(Cl)cc2[nH]1. The normalized spacial score (nSPS) is 12.2. The second kappa shape index (κ2) is 3.64. The average molecular weight is 240 g/mol. The number of nitrogens with zero attached hydrogens (tertiary/aromatic N) is 1. The van der Waals surface area contributed by atoms with Crippen LogP contribution >= 0.6 is 11.6 Å². The van der Waals surface area contributed by atoms with Gasteiger partial charge in [0, 0.05) is 10.4 Å². The van der Waals surface area contributed by atoms with Crippen molar-refractivity contribution in [3.8, 4) is 0 Å². The minimum Gasteiger partial charge on any atom is -0.397 e. The maximum atomic E-state index is 9.28. The topological polar surface area (TPSA) is 74.9 Å². The molecule has 2 rings (SSSR count). The number of benzene rings is 1. The highest BCUT2D eigenvalue weighted by atomic mass is 35.5. The van der Waals surface area contributed by atoms with Crippen molar-refractivity contribution in [1.29, 1.82) is 0 Å². The molecule has 0 bridgehead atoms. The highest BCUT2D eigenvalue weighted by Crippen LogP contribution is 2.28. The van der Waals surface area contributed by atoms with E-state index in [1.165, 1.54) is 0 Å². The number of fused-ring (bicyclic) bond motifs is 1. The standard InChI is InChI=1S/C11H14ClN3O/c1-11(2,5-16)10-14-8-4-6(12)3-7(13)9(8)15-10/h3-4,16H,5,13H2,1-2H3,(H,14,15). The predicted molar refractivity (Wildman–Crippen MR) is 65.6 cm³/mol. The summed E-state index contributed by atoms with van der Waals surface area (Å²) in [7, 11) is 0. The molecular formula is C11H14ClN3O. The van der Waals surface area contributed by atoms with E-state index in [4.69, 9.17) is 17.3 Å². The monoisotopic (exact) mass is 239 g/mol. The molecule has 1 heterocycles. The van der Waals surface area contributed by atoms with Gasteiger partial charge in [-0.1, -0.05) is 25.4 Å². The van der Waals surface area contributed by atoms with Crippen LogP contribution < -0.4 is 5.73 Å². The second-order valence-corrected chi connectivity index (χ2v) is 4.96. The van der Waals surface area contributed by atoms with E-state index in [0.29, 0.717) is 22.1 Å². The molecule has 4 N–H and O–H groups in total. The lowest BCUT2D eigenvalue weighted by molar-refractivity contribution is 0.213. The first-order valence-electron chi connectivity index (χ1n) is 5.00. The molecule has 0 saturated carbocycles. The maximum Gasteiger partial charge on any atom is 0.115 e. The van der Waals surface area contributed by atoms with E-state index in [1.54, 1.807) is 12.1 Å². The molecule has 0 radical (unpaired) electrons. The number of nitrogens with one attached hydrogen (secondary N) is 1. The zero-order valence-electron chi connectivity index (χ0n) is 9.21. The van der Waals surface area contributed by atoms with Crippen molar-refractivity contribution in [3.63, 3.8) is 0 Å². The largest absolute Gasteiger partial charge is 0.397 e. The van der Waals surface area contributed by atoms with E-state index in [9.17, 15) is 5.11 Å². The van der Waals surface area contributed by atoms with Gasteiger partial charge in [-0.3, -0.25) is 0 Å². The number of anilines is 1. The molecule has 86 valence electrons. The van der Waals surface area contributed by atoms with Gasteiger partial charge in [-0.15, -0.1) is 0 Å². The van der Waals surface area contributed by atoms with Crippen LogP contribution in [0.25, 0.3) is 11.0 Å². The fraction of sp³-hybridized carbons (Fsp3) is 0.364. The fourth-order valence-corrected chi connectivity index (χ4v) is 1.73. The summed E-state index contributed by atoms with van der Waals surface area (Å²) >= 11 is 5.90. The Hall–Kier alpha value is -1.26. The molecule has 0 aliphatic rings.